The summed E-state index contributed by atoms with van der Waals surface area (Å²) < 4.78 is 67.5. The first-order valence-corrected chi connectivity index (χ1v) is 12.1. The Balaban J connectivity index is 1.35. The molecule has 0 saturated carbocycles. The zero-order chi connectivity index (χ0) is 28.0. The second-order valence-corrected chi connectivity index (χ2v) is 8.97. The van der Waals surface area contributed by atoms with Gasteiger partial charge in [-0.15, -0.1) is 13.2 Å². The van der Waals surface area contributed by atoms with E-state index in [1.807, 2.05) is 30.3 Å². The van der Waals surface area contributed by atoms with Gasteiger partial charge >= 0.3 is 6.36 Å². The van der Waals surface area contributed by atoms with Crippen molar-refractivity contribution < 1.29 is 41.4 Å². The summed E-state index contributed by atoms with van der Waals surface area (Å²) in [6.07, 6.45) is -7.26. The highest BCUT2D eigenvalue weighted by Crippen LogP contribution is 2.29. The van der Waals surface area contributed by atoms with Gasteiger partial charge in [0.15, 0.2) is 6.17 Å². The molecule has 11 heteroatoms. The Morgan fingerprint density at radius 1 is 0.949 bits per heavy atom. The molecule has 0 unspecified atom stereocenters. The van der Waals surface area contributed by atoms with Crippen LogP contribution in [0.2, 0.25) is 0 Å². The molecular weight excluding hydrogens is 520 g/mol. The fourth-order valence-corrected chi connectivity index (χ4v) is 4.14. The summed E-state index contributed by atoms with van der Waals surface area (Å²) in [5.74, 6) is -1.02. The number of likely N-dealkylation sites (tertiary alicyclic amines) is 1. The number of ether oxygens (including phenoxy) is 3. The van der Waals surface area contributed by atoms with Gasteiger partial charge in [0.2, 0.25) is 5.91 Å². The second-order valence-electron chi connectivity index (χ2n) is 8.97. The Morgan fingerprint density at radius 2 is 1.64 bits per heavy atom. The number of carbonyl (C=O) groups is 2. The molecule has 206 valence electrons. The molecule has 1 aliphatic rings. The van der Waals surface area contributed by atoms with Crippen molar-refractivity contribution in [1.29, 1.82) is 0 Å². The molecular formula is C28H26F4N2O5. The smallest absolute Gasteiger partial charge is 0.489 e. The van der Waals surface area contributed by atoms with Crippen LogP contribution in [0, 0.1) is 0 Å². The monoisotopic (exact) mass is 546 g/mol. The number of primary amides is 1. The number of alkyl halides is 4. The molecule has 7 nitrogen and oxygen atoms in total. The van der Waals surface area contributed by atoms with E-state index in [2.05, 4.69) is 4.74 Å². The van der Waals surface area contributed by atoms with Crippen LogP contribution in [0.4, 0.5) is 17.6 Å². The van der Waals surface area contributed by atoms with E-state index in [4.69, 9.17) is 15.2 Å². The van der Waals surface area contributed by atoms with Gasteiger partial charge in [0.25, 0.3) is 5.91 Å². The van der Waals surface area contributed by atoms with Crippen LogP contribution >= 0.6 is 0 Å². The Labute approximate surface area is 222 Å². The summed E-state index contributed by atoms with van der Waals surface area (Å²) in [5, 5.41) is 0. The fraction of sp³-hybridized carbons (Fsp3) is 0.286. The fourth-order valence-electron chi connectivity index (χ4n) is 4.14. The third-order valence-corrected chi connectivity index (χ3v) is 6.09. The van der Waals surface area contributed by atoms with Gasteiger partial charge < -0.3 is 24.8 Å². The van der Waals surface area contributed by atoms with Gasteiger partial charge in [0.1, 0.15) is 30.0 Å². The number of benzene rings is 3. The van der Waals surface area contributed by atoms with Gasteiger partial charge in [-0.1, -0.05) is 42.5 Å². The number of halogens is 4. The number of amides is 2. The van der Waals surface area contributed by atoms with Crippen LogP contribution in [0.15, 0.2) is 72.8 Å². The Kier molecular flexibility index (Phi) is 8.58. The zero-order valence-corrected chi connectivity index (χ0v) is 20.7. The van der Waals surface area contributed by atoms with E-state index in [1.54, 1.807) is 6.07 Å². The number of rotatable bonds is 9. The number of nitrogens with two attached hydrogens (primary N) is 1. The highest BCUT2D eigenvalue weighted by atomic mass is 19.4. The Bertz CT molecular complexity index is 1290. The topological polar surface area (TPSA) is 91.1 Å². The molecule has 1 saturated heterocycles. The molecule has 1 aliphatic heterocycles. The van der Waals surface area contributed by atoms with Crippen LogP contribution in [-0.4, -0.2) is 48.4 Å². The summed E-state index contributed by atoms with van der Waals surface area (Å²) in [6.45, 7) is 0.227. The van der Waals surface area contributed by atoms with E-state index in [9.17, 15) is 22.8 Å². The molecule has 1 fully saturated rings. The van der Waals surface area contributed by atoms with Crippen molar-refractivity contribution in [3.63, 3.8) is 0 Å². The molecule has 0 radical (unpaired) electrons. The first kappa shape index (κ1) is 27.7. The predicted octanol–water partition coefficient (Wildman–Crippen LogP) is 4.82. The molecule has 2 atom stereocenters. The molecule has 0 spiro atoms. The minimum Gasteiger partial charge on any atom is -0.489 e. The number of carbonyl (C=O) groups excluding carboxylic acids is 2. The summed E-state index contributed by atoms with van der Waals surface area (Å²) in [5.41, 5.74) is 6.94. The molecule has 1 heterocycles. The first-order chi connectivity index (χ1) is 18.6. The van der Waals surface area contributed by atoms with Gasteiger partial charge in [-0.05, 0) is 35.4 Å². The maximum Gasteiger partial charge on any atom is 0.573 e. The van der Waals surface area contributed by atoms with Gasteiger partial charge in [-0.25, -0.2) is 4.39 Å². The molecule has 3 aromatic carbocycles. The lowest BCUT2D eigenvalue weighted by molar-refractivity contribution is -0.274. The highest BCUT2D eigenvalue weighted by Gasteiger charge is 2.34. The van der Waals surface area contributed by atoms with Crippen LogP contribution < -0.4 is 19.9 Å². The molecule has 39 heavy (non-hydrogen) atoms. The summed E-state index contributed by atoms with van der Waals surface area (Å²) in [4.78, 5) is 26.0. The summed E-state index contributed by atoms with van der Waals surface area (Å²) in [7, 11) is 0. The Hall–Kier alpha value is -4.28. The number of hydrogen-bond donors (Lipinski definition) is 1. The average molecular weight is 547 g/mol. The van der Waals surface area contributed by atoms with Crippen molar-refractivity contribution in [1.82, 2.24) is 4.90 Å². The van der Waals surface area contributed by atoms with Crippen molar-refractivity contribution in [2.75, 3.05) is 13.1 Å². The van der Waals surface area contributed by atoms with Crippen LogP contribution in [0.5, 0.6) is 17.2 Å². The highest BCUT2D eigenvalue weighted by molar-refractivity contribution is 5.95. The molecule has 4 rings (SSSR count). The minimum atomic E-state index is -4.81. The van der Waals surface area contributed by atoms with Crippen LogP contribution in [0.1, 0.15) is 27.9 Å². The van der Waals surface area contributed by atoms with Crippen LogP contribution in [-0.2, 0) is 17.8 Å². The molecule has 0 aromatic heterocycles. The van der Waals surface area contributed by atoms with Crippen LogP contribution in [0.3, 0.4) is 0 Å². The normalized spacial score (nSPS) is 17.4. The van der Waals surface area contributed by atoms with Gasteiger partial charge in [0, 0.05) is 19.0 Å². The summed E-state index contributed by atoms with van der Waals surface area (Å²) >= 11 is 0. The van der Waals surface area contributed by atoms with E-state index in [0.29, 0.717) is 11.3 Å². The molecule has 0 aliphatic carbocycles. The predicted molar refractivity (Wildman–Crippen MR) is 133 cm³/mol. The SMILES string of the molecule is NC(=O)c1ccc(OCc2ccccc2)cc1O[C@@H]1CCN(C(=O)Cc2ccc(OC(F)(F)F)cc2)C[C@H]1F. The van der Waals surface area contributed by atoms with E-state index in [-0.39, 0.29) is 49.8 Å². The quantitative estimate of drug-likeness (QED) is 0.389. The lowest BCUT2D eigenvalue weighted by Gasteiger charge is -2.35. The van der Waals surface area contributed by atoms with Crippen molar-refractivity contribution in [2.24, 2.45) is 5.73 Å². The first-order valence-electron chi connectivity index (χ1n) is 12.1. The van der Waals surface area contributed by atoms with Gasteiger partial charge in [-0.2, -0.15) is 0 Å². The second kappa shape index (κ2) is 12.1. The standard InChI is InChI=1S/C28H26F4N2O5/c29-23-16-34(26(35)14-18-6-8-20(9-7-18)39-28(30,31)32)13-12-24(23)38-25-15-21(10-11-22(25)27(33)36)37-17-19-4-2-1-3-5-19/h1-11,15,23-24H,12-14,16-17H2,(H2,33,36)/t23-,24-/m1/s1. The number of hydrogen-bond acceptors (Lipinski definition) is 5. The van der Waals surface area contributed by atoms with E-state index in [0.717, 1.165) is 17.7 Å². The van der Waals surface area contributed by atoms with Crippen molar-refractivity contribution in [3.8, 4) is 17.2 Å². The van der Waals surface area contributed by atoms with E-state index < -0.39 is 30.3 Å². The molecule has 2 amide bonds. The lowest BCUT2D eigenvalue weighted by atomic mass is 10.0. The zero-order valence-electron chi connectivity index (χ0n) is 20.7. The average Bonchev–Trinajstić information content (AvgIpc) is 2.89. The maximum atomic E-state index is 15.1. The summed E-state index contributed by atoms with van der Waals surface area (Å²) in [6, 6.07) is 18.9. The molecule has 2 N–H and O–H groups in total. The van der Waals surface area contributed by atoms with Gasteiger partial charge in [0.05, 0.1) is 18.5 Å². The third-order valence-electron chi connectivity index (χ3n) is 6.09. The van der Waals surface area contributed by atoms with E-state index in [1.165, 1.54) is 29.2 Å². The van der Waals surface area contributed by atoms with Crippen molar-refractivity contribution in [2.45, 2.75) is 38.1 Å². The number of piperidine rings is 1. The van der Waals surface area contributed by atoms with Gasteiger partial charge in [-0.3, -0.25) is 9.59 Å². The largest absolute Gasteiger partial charge is 0.573 e. The third kappa shape index (κ3) is 7.86. The Morgan fingerprint density at radius 3 is 2.28 bits per heavy atom. The lowest BCUT2D eigenvalue weighted by Crippen LogP contribution is -2.49. The maximum absolute atomic E-state index is 15.1. The van der Waals surface area contributed by atoms with E-state index >= 15 is 4.39 Å². The van der Waals surface area contributed by atoms with Crippen LogP contribution in [0.25, 0.3) is 0 Å². The van der Waals surface area contributed by atoms with Crippen molar-refractivity contribution >= 4 is 11.8 Å². The minimum absolute atomic E-state index is 0.0747. The molecule has 3 aromatic rings. The molecule has 0 bridgehead atoms. The van der Waals surface area contributed by atoms with Crippen molar-refractivity contribution in [3.05, 3.63) is 89.5 Å². The number of nitrogens with zero attached hydrogens (tertiary/aromatic N) is 1.